The molecule has 0 bridgehead atoms. The molecule has 1 atom stereocenters. The van der Waals surface area contributed by atoms with E-state index in [0.29, 0.717) is 13.1 Å². The summed E-state index contributed by atoms with van der Waals surface area (Å²) in [6, 6.07) is 0. The van der Waals surface area contributed by atoms with Crippen LogP contribution >= 0.6 is 0 Å². The number of carbonyl (C=O) groups excluding carboxylic acids is 2. The third kappa shape index (κ3) is 3.39. The molecule has 1 rings (SSSR count). The molecule has 1 unspecified atom stereocenters. The van der Waals surface area contributed by atoms with E-state index in [2.05, 4.69) is 0 Å². The van der Waals surface area contributed by atoms with E-state index in [1.165, 1.54) is 4.90 Å². The van der Waals surface area contributed by atoms with Crippen LogP contribution in [-0.4, -0.2) is 48.3 Å². The van der Waals surface area contributed by atoms with Crippen molar-refractivity contribution in [1.82, 2.24) is 4.90 Å². The van der Waals surface area contributed by atoms with Gasteiger partial charge < -0.3 is 20.5 Å². The number of hydrogen-bond donors (Lipinski definition) is 2. The van der Waals surface area contributed by atoms with Crippen LogP contribution in [0.15, 0.2) is 0 Å². The molecule has 0 aromatic heterocycles. The SMILES string of the molecule is NC(=O)C1CCCN(C(=O)OCCO)C1. The zero-order valence-electron chi connectivity index (χ0n) is 8.52. The number of amides is 2. The summed E-state index contributed by atoms with van der Waals surface area (Å²) in [6.45, 7) is 0.684. The highest BCUT2D eigenvalue weighted by Gasteiger charge is 2.27. The summed E-state index contributed by atoms with van der Waals surface area (Å²) >= 11 is 0. The first kappa shape index (κ1) is 11.8. The number of aliphatic hydroxyl groups is 1. The van der Waals surface area contributed by atoms with Crippen molar-refractivity contribution in [3.05, 3.63) is 0 Å². The minimum Gasteiger partial charge on any atom is -0.447 e. The topological polar surface area (TPSA) is 92.9 Å². The molecule has 1 aliphatic heterocycles. The monoisotopic (exact) mass is 216 g/mol. The van der Waals surface area contributed by atoms with E-state index in [4.69, 9.17) is 15.6 Å². The Hall–Kier alpha value is -1.30. The van der Waals surface area contributed by atoms with E-state index in [9.17, 15) is 9.59 Å². The summed E-state index contributed by atoms with van der Waals surface area (Å²) in [5, 5.41) is 8.48. The molecular formula is C9H16N2O4. The van der Waals surface area contributed by atoms with Crippen molar-refractivity contribution in [2.24, 2.45) is 11.7 Å². The fourth-order valence-electron chi connectivity index (χ4n) is 1.60. The highest BCUT2D eigenvalue weighted by Crippen LogP contribution is 2.16. The molecule has 1 fully saturated rings. The number of likely N-dealkylation sites (tertiary alicyclic amines) is 1. The van der Waals surface area contributed by atoms with Crippen molar-refractivity contribution in [3.8, 4) is 0 Å². The molecule has 15 heavy (non-hydrogen) atoms. The molecule has 1 saturated heterocycles. The van der Waals surface area contributed by atoms with Crippen LogP contribution in [-0.2, 0) is 9.53 Å². The number of nitrogens with zero attached hydrogens (tertiary/aromatic N) is 1. The minimum absolute atomic E-state index is 0.0173. The van der Waals surface area contributed by atoms with Gasteiger partial charge in [-0.2, -0.15) is 0 Å². The van der Waals surface area contributed by atoms with E-state index in [-0.39, 0.29) is 25.0 Å². The molecule has 0 aromatic rings. The average molecular weight is 216 g/mol. The van der Waals surface area contributed by atoms with Crippen LogP contribution in [0.3, 0.4) is 0 Å². The summed E-state index contributed by atoms with van der Waals surface area (Å²) in [5.74, 6) is -0.657. The maximum atomic E-state index is 11.4. The second-order valence-corrected chi connectivity index (χ2v) is 3.53. The van der Waals surface area contributed by atoms with Crippen LogP contribution in [0.25, 0.3) is 0 Å². The smallest absolute Gasteiger partial charge is 0.409 e. The van der Waals surface area contributed by atoms with Gasteiger partial charge in [0.1, 0.15) is 6.61 Å². The van der Waals surface area contributed by atoms with Gasteiger partial charge in [-0.05, 0) is 12.8 Å². The Balaban J connectivity index is 2.41. The van der Waals surface area contributed by atoms with Gasteiger partial charge in [0, 0.05) is 13.1 Å². The van der Waals surface area contributed by atoms with E-state index < -0.39 is 6.09 Å². The zero-order valence-corrected chi connectivity index (χ0v) is 8.52. The van der Waals surface area contributed by atoms with Gasteiger partial charge in [-0.1, -0.05) is 0 Å². The quantitative estimate of drug-likeness (QED) is 0.653. The molecule has 1 heterocycles. The Labute approximate surface area is 88.0 Å². The fourth-order valence-corrected chi connectivity index (χ4v) is 1.60. The van der Waals surface area contributed by atoms with Gasteiger partial charge in [0.25, 0.3) is 0 Å². The Morgan fingerprint density at radius 1 is 1.53 bits per heavy atom. The van der Waals surface area contributed by atoms with Gasteiger partial charge in [0.05, 0.1) is 12.5 Å². The Morgan fingerprint density at radius 2 is 2.27 bits per heavy atom. The first-order valence-corrected chi connectivity index (χ1v) is 4.97. The molecule has 0 spiro atoms. The lowest BCUT2D eigenvalue weighted by atomic mass is 9.98. The molecule has 3 N–H and O–H groups in total. The van der Waals surface area contributed by atoms with Crippen molar-refractivity contribution in [1.29, 1.82) is 0 Å². The van der Waals surface area contributed by atoms with E-state index in [1.807, 2.05) is 0 Å². The number of piperidine rings is 1. The van der Waals surface area contributed by atoms with Crippen molar-refractivity contribution in [2.75, 3.05) is 26.3 Å². The molecule has 0 aliphatic carbocycles. The first-order chi connectivity index (χ1) is 7.15. The predicted molar refractivity (Wildman–Crippen MR) is 51.9 cm³/mol. The fraction of sp³-hybridized carbons (Fsp3) is 0.778. The summed E-state index contributed by atoms with van der Waals surface area (Å²) in [6.07, 6.45) is 0.982. The van der Waals surface area contributed by atoms with Crippen LogP contribution in [0, 0.1) is 5.92 Å². The summed E-state index contributed by atoms with van der Waals surface area (Å²) < 4.78 is 4.74. The molecule has 6 nitrogen and oxygen atoms in total. The van der Waals surface area contributed by atoms with Crippen molar-refractivity contribution in [2.45, 2.75) is 12.8 Å². The molecular weight excluding hydrogens is 200 g/mol. The molecule has 6 heteroatoms. The van der Waals surface area contributed by atoms with Crippen LogP contribution in [0.4, 0.5) is 4.79 Å². The van der Waals surface area contributed by atoms with Crippen LogP contribution in [0.5, 0.6) is 0 Å². The second-order valence-electron chi connectivity index (χ2n) is 3.53. The maximum absolute atomic E-state index is 11.4. The van der Waals surface area contributed by atoms with Crippen LogP contribution < -0.4 is 5.73 Å². The zero-order chi connectivity index (χ0) is 11.3. The third-order valence-electron chi connectivity index (χ3n) is 2.40. The summed E-state index contributed by atoms with van der Waals surface area (Å²) in [5.41, 5.74) is 5.17. The molecule has 0 radical (unpaired) electrons. The van der Waals surface area contributed by atoms with E-state index >= 15 is 0 Å². The first-order valence-electron chi connectivity index (χ1n) is 4.97. The summed E-state index contributed by atoms with van der Waals surface area (Å²) in [7, 11) is 0. The largest absolute Gasteiger partial charge is 0.447 e. The number of nitrogens with two attached hydrogens (primary N) is 1. The number of primary amides is 1. The van der Waals surface area contributed by atoms with Gasteiger partial charge >= 0.3 is 6.09 Å². The van der Waals surface area contributed by atoms with Gasteiger partial charge in [-0.25, -0.2) is 4.79 Å². The summed E-state index contributed by atoms with van der Waals surface area (Å²) in [4.78, 5) is 23.8. The van der Waals surface area contributed by atoms with Crippen LogP contribution in [0.2, 0.25) is 0 Å². The highest BCUT2D eigenvalue weighted by molar-refractivity contribution is 5.78. The van der Waals surface area contributed by atoms with Crippen molar-refractivity contribution >= 4 is 12.0 Å². The van der Waals surface area contributed by atoms with Gasteiger partial charge in [0.2, 0.25) is 5.91 Å². The number of rotatable bonds is 3. The molecule has 0 saturated carbocycles. The van der Waals surface area contributed by atoms with E-state index in [1.54, 1.807) is 0 Å². The van der Waals surface area contributed by atoms with Crippen molar-refractivity contribution < 1.29 is 19.4 Å². The number of ether oxygens (including phenoxy) is 1. The standard InChI is InChI=1S/C9H16N2O4/c10-8(13)7-2-1-3-11(6-7)9(14)15-5-4-12/h7,12H,1-6H2,(H2,10,13). The number of hydrogen-bond acceptors (Lipinski definition) is 4. The number of carbonyl (C=O) groups is 2. The van der Waals surface area contributed by atoms with Crippen LogP contribution in [0.1, 0.15) is 12.8 Å². The Morgan fingerprint density at radius 3 is 2.87 bits per heavy atom. The Bertz CT molecular complexity index is 244. The third-order valence-corrected chi connectivity index (χ3v) is 2.40. The second kappa shape index (κ2) is 5.55. The normalized spacial score (nSPS) is 21.1. The van der Waals surface area contributed by atoms with Gasteiger partial charge in [-0.15, -0.1) is 0 Å². The molecule has 2 amide bonds. The lowest BCUT2D eigenvalue weighted by Crippen LogP contribution is -2.44. The number of aliphatic hydroxyl groups excluding tert-OH is 1. The van der Waals surface area contributed by atoms with Gasteiger partial charge in [-0.3, -0.25) is 4.79 Å². The highest BCUT2D eigenvalue weighted by atomic mass is 16.6. The van der Waals surface area contributed by atoms with Crippen molar-refractivity contribution in [3.63, 3.8) is 0 Å². The predicted octanol–water partition coefficient (Wildman–Crippen LogP) is -0.687. The van der Waals surface area contributed by atoms with Gasteiger partial charge in [0.15, 0.2) is 0 Å². The molecule has 1 aliphatic rings. The molecule has 0 aromatic carbocycles. The lowest BCUT2D eigenvalue weighted by molar-refractivity contribution is -0.123. The minimum atomic E-state index is -0.491. The van der Waals surface area contributed by atoms with E-state index in [0.717, 1.165) is 12.8 Å². The molecule has 86 valence electrons. The lowest BCUT2D eigenvalue weighted by Gasteiger charge is -2.30. The Kier molecular flexibility index (Phi) is 4.36. The average Bonchev–Trinajstić information content (AvgIpc) is 2.26. The maximum Gasteiger partial charge on any atom is 0.409 e.